The lowest BCUT2D eigenvalue weighted by atomic mass is 10.0. The van der Waals surface area contributed by atoms with E-state index in [1.807, 2.05) is 17.9 Å². The molecule has 1 N–H and O–H groups in total. The van der Waals surface area contributed by atoms with Crippen molar-refractivity contribution >= 4 is 5.69 Å². The number of nitrogens with zero attached hydrogens (tertiary/aromatic N) is 3. The number of aryl methyl sites for hydroxylation is 1. The summed E-state index contributed by atoms with van der Waals surface area (Å²) in [6.45, 7) is 7.90. The van der Waals surface area contributed by atoms with Gasteiger partial charge in [0.25, 0.3) is 0 Å². The SMILES string of the molecule is CC(C)C1CN(c2cnn(C)c2)CCCN1. The van der Waals surface area contributed by atoms with Crippen LogP contribution < -0.4 is 10.2 Å². The first-order chi connectivity index (χ1) is 7.66. The molecule has 0 aliphatic carbocycles. The van der Waals surface area contributed by atoms with Gasteiger partial charge in [-0.25, -0.2) is 0 Å². The van der Waals surface area contributed by atoms with Crippen LogP contribution in [0.3, 0.4) is 0 Å². The van der Waals surface area contributed by atoms with Gasteiger partial charge in [0, 0.05) is 32.4 Å². The molecule has 0 spiro atoms. The lowest BCUT2D eigenvalue weighted by Gasteiger charge is -2.27. The van der Waals surface area contributed by atoms with E-state index in [2.05, 4.69) is 35.4 Å². The first kappa shape index (κ1) is 11.5. The fourth-order valence-electron chi connectivity index (χ4n) is 2.20. The van der Waals surface area contributed by atoms with Crippen molar-refractivity contribution < 1.29 is 0 Å². The minimum atomic E-state index is 0.586. The van der Waals surface area contributed by atoms with Crippen molar-refractivity contribution in [3.8, 4) is 0 Å². The van der Waals surface area contributed by atoms with Crippen molar-refractivity contribution in [2.45, 2.75) is 26.3 Å². The van der Waals surface area contributed by atoms with Crippen molar-refractivity contribution in [3.05, 3.63) is 12.4 Å². The van der Waals surface area contributed by atoms with E-state index in [1.54, 1.807) is 0 Å². The number of nitrogens with one attached hydrogen (secondary N) is 1. The van der Waals surface area contributed by atoms with Crippen molar-refractivity contribution in [1.29, 1.82) is 0 Å². The fourth-order valence-corrected chi connectivity index (χ4v) is 2.20. The molecule has 16 heavy (non-hydrogen) atoms. The molecule has 0 saturated carbocycles. The lowest BCUT2D eigenvalue weighted by molar-refractivity contribution is 0.420. The summed E-state index contributed by atoms with van der Waals surface area (Å²) >= 11 is 0. The van der Waals surface area contributed by atoms with E-state index >= 15 is 0 Å². The summed E-state index contributed by atoms with van der Waals surface area (Å²) < 4.78 is 1.87. The second-order valence-electron chi connectivity index (χ2n) is 4.98. The third-order valence-electron chi connectivity index (χ3n) is 3.29. The molecule has 90 valence electrons. The molecular weight excluding hydrogens is 200 g/mol. The Morgan fingerprint density at radius 2 is 2.31 bits per heavy atom. The molecule has 1 aliphatic rings. The van der Waals surface area contributed by atoms with Crippen molar-refractivity contribution in [2.75, 3.05) is 24.5 Å². The molecule has 2 rings (SSSR count). The van der Waals surface area contributed by atoms with Crippen LogP contribution in [0, 0.1) is 5.92 Å². The Labute approximate surface area is 97.6 Å². The third kappa shape index (κ3) is 2.55. The van der Waals surface area contributed by atoms with E-state index in [1.165, 1.54) is 12.1 Å². The predicted octanol–water partition coefficient (Wildman–Crippen LogP) is 1.24. The van der Waals surface area contributed by atoms with Crippen LogP contribution in [0.2, 0.25) is 0 Å². The summed E-state index contributed by atoms with van der Waals surface area (Å²) in [5, 5.41) is 7.87. The Bertz CT molecular complexity index is 332. The number of hydrogen-bond acceptors (Lipinski definition) is 3. The number of hydrogen-bond donors (Lipinski definition) is 1. The first-order valence-corrected chi connectivity index (χ1v) is 6.14. The van der Waals surface area contributed by atoms with Crippen molar-refractivity contribution in [3.63, 3.8) is 0 Å². The molecule has 4 heteroatoms. The van der Waals surface area contributed by atoms with E-state index in [4.69, 9.17) is 0 Å². The van der Waals surface area contributed by atoms with Gasteiger partial charge >= 0.3 is 0 Å². The zero-order valence-electron chi connectivity index (χ0n) is 10.5. The van der Waals surface area contributed by atoms with Crippen LogP contribution in [-0.2, 0) is 7.05 Å². The van der Waals surface area contributed by atoms with Gasteiger partial charge in [-0.1, -0.05) is 13.8 Å². The maximum Gasteiger partial charge on any atom is 0.0752 e. The predicted molar refractivity (Wildman–Crippen MR) is 66.7 cm³/mol. The van der Waals surface area contributed by atoms with Crippen molar-refractivity contribution in [2.24, 2.45) is 13.0 Å². The molecule has 1 saturated heterocycles. The van der Waals surface area contributed by atoms with Crippen LogP contribution in [0.4, 0.5) is 5.69 Å². The minimum absolute atomic E-state index is 0.586. The largest absolute Gasteiger partial charge is 0.367 e. The summed E-state index contributed by atoms with van der Waals surface area (Å²) in [6.07, 6.45) is 5.27. The Balaban J connectivity index is 2.08. The third-order valence-corrected chi connectivity index (χ3v) is 3.29. The maximum absolute atomic E-state index is 4.25. The highest BCUT2D eigenvalue weighted by atomic mass is 15.3. The van der Waals surface area contributed by atoms with Gasteiger partial charge in [-0.15, -0.1) is 0 Å². The maximum atomic E-state index is 4.25. The smallest absolute Gasteiger partial charge is 0.0752 e. The van der Waals surface area contributed by atoms with Gasteiger partial charge in [-0.05, 0) is 18.9 Å². The normalized spacial score (nSPS) is 22.5. The molecule has 1 aliphatic heterocycles. The van der Waals surface area contributed by atoms with Crippen molar-refractivity contribution in [1.82, 2.24) is 15.1 Å². The molecule has 0 amide bonds. The van der Waals surface area contributed by atoms with E-state index < -0.39 is 0 Å². The Kier molecular flexibility index (Phi) is 3.49. The second-order valence-corrected chi connectivity index (χ2v) is 4.98. The molecule has 1 fully saturated rings. The quantitative estimate of drug-likeness (QED) is 0.817. The fraction of sp³-hybridized carbons (Fsp3) is 0.750. The highest BCUT2D eigenvalue weighted by Crippen LogP contribution is 2.17. The monoisotopic (exact) mass is 222 g/mol. The standard InChI is InChI=1S/C12H22N4/c1-10(2)12-9-16(6-4-5-13-12)11-7-14-15(3)8-11/h7-8,10,12-13H,4-6,9H2,1-3H3. The van der Waals surface area contributed by atoms with Gasteiger partial charge in [0.15, 0.2) is 0 Å². The highest BCUT2D eigenvalue weighted by Gasteiger charge is 2.20. The molecule has 2 heterocycles. The number of rotatable bonds is 2. The van der Waals surface area contributed by atoms with Gasteiger partial charge < -0.3 is 10.2 Å². The molecule has 1 atom stereocenters. The second kappa shape index (κ2) is 4.87. The molecule has 0 aromatic carbocycles. The highest BCUT2D eigenvalue weighted by molar-refractivity contribution is 5.42. The van der Waals surface area contributed by atoms with Crippen LogP contribution in [0.25, 0.3) is 0 Å². The van der Waals surface area contributed by atoms with Crippen LogP contribution in [-0.4, -0.2) is 35.5 Å². The van der Waals surface area contributed by atoms with Crippen LogP contribution in [0.15, 0.2) is 12.4 Å². The van der Waals surface area contributed by atoms with Crippen LogP contribution in [0.1, 0.15) is 20.3 Å². The van der Waals surface area contributed by atoms with Gasteiger partial charge in [0.05, 0.1) is 11.9 Å². The number of anilines is 1. The van der Waals surface area contributed by atoms with Gasteiger partial charge in [0.2, 0.25) is 0 Å². The molecule has 0 radical (unpaired) electrons. The summed E-state index contributed by atoms with van der Waals surface area (Å²) in [6, 6.07) is 0.586. The Hall–Kier alpha value is -1.03. The van der Waals surface area contributed by atoms with Gasteiger partial charge in [-0.3, -0.25) is 4.68 Å². The van der Waals surface area contributed by atoms with Gasteiger partial charge in [-0.2, -0.15) is 5.10 Å². The molecule has 1 aromatic rings. The summed E-state index contributed by atoms with van der Waals surface area (Å²) in [7, 11) is 1.97. The molecule has 0 bridgehead atoms. The average molecular weight is 222 g/mol. The summed E-state index contributed by atoms with van der Waals surface area (Å²) in [5.41, 5.74) is 1.25. The van der Waals surface area contributed by atoms with Crippen LogP contribution in [0.5, 0.6) is 0 Å². The van der Waals surface area contributed by atoms with E-state index in [-0.39, 0.29) is 0 Å². The van der Waals surface area contributed by atoms with Gasteiger partial charge in [0.1, 0.15) is 0 Å². The zero-order valence-corrected chi connectivity index (χ0v) is 10.5. The van der Waals surface area contributed by atoms with E-state index in [9.17, 15) is 0 Å². The molecule has 4 nitrogen and oxygen atoms in total. The molecule has 1 aromatic heterocycles. The Morgan fingerprint density at radius 1 is 1.50 bits per heavy atom. The number of aromatic nitrogens is 2. The summed E-state index contributed by atoms with van der Waals surface area (Å²) in [5.74, 6) is 0.678. The zero-order chi connectivity index (χ0) is 11.5. The lowest BCUT2D eigenvalue weighted by Crippen LogP contribution is -2.41. The summed E-state index contributed by atoms with van der Waals surface area (Å²) in [4.78, 5) is 2.44. The first-order valence-electron chi connectivity index (χ1n) is 6.14. The molecule has 1 unspecified atom stereocenters. The Morgan fingerprint density at radius 3 is 2.94 bits per heavy atom. The average Bonchev–Trinajstić information content (AvgIpc) is 2.54. The van der Waals surface area contributed by atoms with Crippen LogP contribution >= 0.6 is 0 Å². The van der Waals surface area contributed by atoms with E-state index in [0.29, 0.717) is 12.0 Å². The minimum Gasteiger partial charge on any atom is -0.367 e. The molecular formula is C12H22N4. The van der Waals surface area contributed by atoms with E-state index in [0.717, 1.165) is 19.6 Å². The topological polar surface area (TPSA) is 33.1 Å².